The largest absolute Gasteiger partial charge is 0.444 e. The number of anilines is 3. The summed E-state index contributed by atoms with van der Waals surface area (Å²) >= 11 is 5.58. The first kappa shape index (κ1) is 49.1. The normalized spacial score (nSPS) is 20.0. The van der Waals surface area contributed by atoms with Crippen LogP contribution in [0.5, 0.6) is 0 Å². The van der Waals surface area contributed by atoms with Crippen LogP contribution in [-0.2, 0) is 21.8 Å². The summed E-state index contributed by atoms with van der Waals surface area (Å²) in [7, 11) is 3.18. The molecule has 2 aromatic rings. The molecule has 0 spiro atoms. The van der Waals surface area contributed by atoms with Crippen LogP contribution in [0.4, 0.5) is 53.5 Å². The number of amides is 2. The summed E-state index contributed by atoms with van der Waals surface area (Å²) < 4.78 is 88.1. The molecule has 0 bridgehead atoms. The molecule has 13 nitrogen and oxygen atoms in total. The monoisotopic (exact) mass is 841 g/mol. The van der Waals surface area contributed by atoms with Gasteiger partial charge in [-0.3, -0.25) is 0 Å². The van der Waals surface area contributed by atoms with E-state index >= 15 is 0 Å². The molecular weight excluding hydrogens is 784 g/mol. The second kappa shape index (κ2) is 21.1. The summed E-state index contributed by atoms with van der Waals surface area (Å²) in [6.07, 6.45) is -3.29. The zero-order valence-electron chi connectivity index (χ0n) is 34.3. The second-order valence-electron chi connectivity index (χ2n) is 16.1. The number of carbonyl (C=O) groups excluding carboxylic acids is 2. The minimum Gasteiger partial charge on any atom is -0.444 e. The Morgan fingerprint density at radius 3 is 1.32 bits per heavy atom. The molecular formula is C37H58ClF6N9O4. The molecule has 2 heterocycles. The summed E-state index contributed by atoms with van der Waals surface area (Å²) in [5, 5.41) is 11.2. The molecule has 4 N–H and O–H groups in total. The van der Waals surface area contributed by atoms with Gasteiger partial charge in [-0.25, -0.2) is 24.5 Å². The van der Waals surface area contributed by atoms with Gasteiger partial charge in [0.1, 0.15) is 22.8 Å². The maximum Gasteiger partial charge on any atom is 0.433 e. The van der Waals surface area contributed by atoms with E-state index in [-0.39, 0.29) is 41.8 Å². The molecule has 2 aromatic heterocycles. The molecule has 2 fully saturated rings. The predicted octanol–water partition coefficient (Wildman–Crippen LogP) is 9.62. The number of halogens is 7. The van der Waals surface area contributed by atoms with Crippen LogP contribution in [0.2, 0.25) is 5.28 Å². The molecule has 0 aliphatic heterocycles. The molecule has 4 rings (SSSR count). The Kier molecular flexibility index (Phi) is 18.2. The van der Waals surface area contributed by atoms with Gasteiger partial charge < -0.3 is 35.6 Å². The Balaban J connectivity index is 0.000000369. The van der Waals surface area contributed by atoms with E-state index in [0.29, 0.717) is 51.4 Å². The standard InChI is InChI=1S/C18H28F3N5O2.C16H22ClF3N4O2.C3H8/c1-17(2,3)28-16(27)23-12-8-6-11(7-9-12)22-14-10-13(18(19,20)21)24-15(25-14)26(4)5;1-15(2,3)26-14(25)22-10-6-4-9(5-7-10)21-12-8-11(16(18,19)20)23-13(17)24-12;1-3-2/h10-12H,6-9H2,1-5H3,(H,23,27)(H,22,24,25);8-10H,4-7H2,1-3H3,(H,22,25)(H,21,23,24);3H2,1-2H3. The number of aromatic nitrogens is 4. The minimum atomic E-state index is -4.59. The highest BCUT2D eigenvalue weighted by Gasteiger charge is 2.35. The average molecular weight is 842 g/mol. The molecule has 324 valence electrons. The molecule has 0 unspecified atom stereocenters. The Bertz CT molecular complexity index is 1570. The van der Waals surface area contributed by atoms with Gasteiger partial charge in [0, 0.05) is 50.4 Å². The van der Waals surface area contributed by atoms with Crippen molar-refractivity contribution in [2.45, 2.75) is 161 Å². The van der Waals surface area contributed by atoms with Crippen LogP contribution in [-0.4, -0.2) is 81.6 Å². The number of hydrogen-bond acceptors (Lipinski definition) is 11. The van der Waals surface area contributed by atoms with Crippen molar-refractivity contribution < 1.29 is 45.4 Å². The third kappa shape index (κ3) is 19.3. The van der Waals surface area contributed by atoms with Gasteiger partial charge in [-0.05, 0) is 105 Å². The number of ether oxygens (including phenoxy) is 2. The fourth-order valence-corrected chi connectivity index (χ4v) is 5.80. The van der Waals surface area contributed by atoms with E-state index in [2.05, 4.69) is 55.1 Å². The van der Waals surface area contributed by atoms with Crippen molar-refractivity contribution in [1.82, 2.24) is 30.6 Å². The van der Waals surface area contributed by atoms with Crippen LogP contribution < -0.4 is 26.2 Å². The first-order valence-electron chi connectivity index (χ1n) is 18.9. The van der Waals surface area contributed by atoms with Crippen molar-refractivity contribution in [3.8, 4) is 0 Å². The molecule has 2 aliphatic carbocycles. The van der Waals surface area contributed by atoms with E-state index < -0.39 is 52.4 Å². The number of nitrogens with one attached hydrogen (secondary N) is 4. The molecule has 57 heavy (non-hydrogen) atoms. The van der Waals surface area contributed by atoms with E-state index in [0.717, 1.165) is 12.1 Å². The SMILES string of the molecule is CC(C)(C)OC(=O)NC1CCC(Nc2cc(C(F)(F)F)nc(Cl)n2)CC1.CCC.CN(C)c1nc(NC2CCC(NC(=O)OC(C)(C)C)CC2)cc(C(F)(F)F)n1. The summed E-state index contributed by atoms with van der Waals surface area (Å²) in [4.78, 5) is 39.8. The fourth-order valence-electron chi connectivity index (χ4n) is 5.62. The van der Waals surface area contributed by atoms with Gasteiger partial charge in [0.2, 0.25) is 11.2 Å². The third-order valence-corrected chi connectivity index (χ3v) is 8.16. The van der Waals surface area contributed by atoms with Crippen LogP contribution >= 0.6 is 11.6 Å². The first-order valence-corrected chi connectivity index (χ1v) is 19.3. The van der Waals surface area contributed by atoms with Crippen molar-refractivity contribution in [3.63, 3.8) is 0 Å². The van der Waals surface area contributed by atoms with Crippen LogP contribution in [0.25, 0.3) is 0 Å². The highest BCUT2D eigenvalue weighted by molar-refractivity contribution is 6.28. The molecule has 0 atom stereocenters. The van der Waals surface area contributed by atoms with Gasteiger partial charge in [0.15, 0.2) is 11.4 Å². The van der Waals surface area contributed by atoms with E-state index in [1.807, 2.05) is 0 Å². The van der Waals surface area contributed by atoms with Gasteiger partial charge in [-0.2, -0.15) is 31.3 Å². The topological polar surface area (TPSA) is 156 Å². The number of alkyl carbamates (subject to hydrolysis) is 2. The zero-order valence-corrected chi connectivity index (χ0v) is 35.1. The lowest BCUT2D eigenvalue weighted by Crippen LogP contribution is -2.42. The molecule has 20 heteroatoms. The highest BCUT2D eigenvalue weighted by atomic mass is 35.5. The number of alkyl halides is 6. The van der Waals surface area contributed by atoms with Crippen LogP contribution in [0.1, 0.15) is 125 Å². The molecule has 2 aliphatic rings. The van der Waals surface area contributed by atoms with E-state index in [1.165, 1.54) is 11.3 Å². The lowest BCUT2D eigenvalue weighted by molar-refractivity contribution is -0.141. The molecule has 0 aromatic carbocycles. The smallest absolute Gasteiger partial charge is 0.433 e. The maximum atomic E-state index is 13.1. The first-order chi connectivity index (χ1) is 26.2. The van der Waals surface area contributed by atoms with Crippen LogP contribution in [0, 0.1) is 0 Å². The van der Waals surface area contributed by atoms with Gasteiger partial charge in [-0.15, -0.1) is 0 Å². The summed E-state index contributed by atoms with van der Waals surface area (Å²) in [5.41, 5.74) is -3.18. The number of hydrogen-bond donors (Lipinski definition) is 4. The zero-order chi connectivity index (χ0) is 43.4. The summed E-state index contributed by atoms with van der Waals surface area (Å²) in [5.74, 6) is 0.188. The lowest BCUT2D eigenvalue weighted by Gasteiger charge is -2.31. The average Bonchev–Trinajstić information content (AvgIpc) is 3.04. The van der Waals surface area contributed by atoms with E-state index in [4.69, 9.17) is 21.1 Å². The number of rotatable bonds is 7. The summed E-state index contributed by atoms with van der Waals surface area (Å²) in [6.45, 7) is 15.0. The fraction of sp³-hybridized carbons (Fsp3) is 0.730. The van der Waals surface area contributed by atoms with Crippen molar-refractivity contribution >= 4 is 41.4 Å². The van der Waals surface area contributed by atoms with Crippen LogP contribution in [0.15, 0.2) is 12.1 Å². The Morgan fingerprint density at radius 2 is 0.982 bits per heavy atom. The maximum absolute atomic E-state index is 13.1. The van der Waals surface area contributed by atoms with E-state index in [9.17, 15) is 35.9 Å². The van der Waals surface area contributed by atoms with E-state index in [1.54, 1.807) is 55.6 Å². The van der Waals surface area contributed by atoms with Gasteiger partial charge in [-0.1, -0.05) is 20.3 Å². The molecule has 0 saturated heterocycles. The third-order valence-electron chi connectivity index (χ3n) is 7.99. The van der Waals surface area contributed by atoms with Gasteiger partial charge in [0.05, 0.1) is 0 Å². The summed E-state index contributed by atoms with van der Waals surface area (Å²) in [6, 6.07) is 1.65. The van der Waals surface area contributed by atoms with Crippen molar-refractivity contribution in [2.75, 3.05) is 29.6 Å². The van der Waals surface area contributed by atoms with Crippen molar-refractivity contribution in [3.05, 3.63) is 28.8 Å². The number of carbonyl (C=O) groups is 2. The number of nitrogens with zero attached hydrogens (tertiary/aromatic N) is 5. The quantitative estimate of drug-likeness (QED) is 0.156. The van der Waals surface area contributed by atoms with Gasteiger partial charge in [0.25, 0.3) is 0 Å². The molecule has 0 radical (unpaired) electrons. The lowest BCUT2D eigenvalue weighted by atomic mass is 9.91. The highest BCUT2D eigenvalue weighted by Crippen LogP contribution is 2.32. The Morgan fingerprint density at radius 1 is 0.649 bits per heavy atom. The minimum absolute atomic E-state index is 0.00222. The predicted molar refractivity (Wildman–Crippen MR) is 207 cm³/mol. The van der Waals surface area contributed by atoms with Crippen LogP contribution in [0.3, 0.4) is 0 Å². The van der Waals surface area contributed by atoms with Gasteiger partial charge >= 0.3 is 24.5 Å². The van der Waals surface area contributed by atoms with Crippen molar-refractivity contribution in [2.24, 2.45) is 0 Å². The molecule has 2 amide bonds. The molecule has 2 saturated carbocycles. The second-order valence-corrected chi connectivity index (χ2v) is 16.5. The Hall–Kier alpha value is -4.03. The van der Waals surface area contributed by atoms with Crippen molar-refractivity contribution in [1.29, 1.82) is 0 Å². The Labute approximate surface area is 336 Å².